The quantitative estimate of drug-likeness (QED) is 0.707. The van der Waals surface area contributed by atoms with Crippen LogP contribution in [0.2, 0.25) is 5.02 Å². The van der Waals surface area contributed by atoms with E-state index in [1.165, 1.54) is 11.8 Å². The molecule has 3 rings (SSSR count). The third kappa shape index (κ3) is 2.94. The second-order valence-electron chi connectivity index (χ2n) is 6.68. The fourth-order valence-electron chi connectivity index (χ4n) is 3.28. The number of hydrogen-bond acceptors (Lipinski definition) is 5. The highest BCUT2D eigenvalue weighted by Gasteiger charge is 2.64. The number of aryl methyl sites for hydroxylation is 1. The Hall–Kier alpha value is -1.95. The van der Waals surface area contributed by atoms with Crippen LogP contribution in [0.3, 0.4) is 0 Å². The van der Waals surface area contributed by atoms with Gasteiger partial charge in [0.2, 0.25) is 5.91 Å². The van der Waals surface area contributed by atoms with Crippen LogP contribution in [0.15, 0.2) is 0 Å². The van der Waals surface area contributed by atoms with E-state index in [0.717, 1.165) is 11.9 Å². The van der Waals surface area contributed by atoms with Gasteiger partial charge in [-0.25, -0.2) is 4.79 Å². The molecule has 27 heavy (non-hydrogen) atoms. The normalized spacial score (nSPS) is 26.6. The lowest BCUT2D eigenvalue weighted by atomic mass is 9.96. The van der Waals surface area contributed by atoms with Gasteiger partial charge >= 0.3 is 12.1 Å². The van der Waals surface area contributed by atoms with Crippen molar-refractivity contribution in [3.05, 3.63) is 16.4 Å². The maximum absolute atomic E-state index is 12.9. The summed E-state index contributed by atoms with van der Waals surface area (Å²) in [5.74, 6) is -2.79. The summed E-state index contributed by atoms with van der Waals surface area (Å²) in [5, 5.41) is 13.4. The first-order chi connectivity index (χ1) is 12.3. The number of amides is 2. The Morgan fingerprint density at radius 3 is 2.44 bits per heavy atom. The van der Waals surface area contributed by atoms with Gasteiger partial charge in [0, 0.05) is 11.8 Å². The summed E-state index contributed by atoms with van der Waals surface area (Å²) in [4.78, 5) is 37.4. The summed E-state index contributed by atoms with van der Waals surface area (Å²) in [6.07, 6.45) is -4.84. The van der Waals surface area contributed by atoms with E-state index < -0.39 is 62.6 Å². The Labute approximate surface area is 160 Å². The molecule has 3 atom stereocenters. The van der Waals surface area contributed by atoms with Gasteiger partial charge in [0.05, 0.1) is 0 Å². The first-order valence-corrected chi connectivity index (χ1v) is 8.86. The predicted molar refractivity (Wildman–Crippen MR) is 88.2 cm³/mol. The minimum atomic E-state index is -4.84. The number of alkyl halides is 3. The Balaban J connectivity index is 1.83. The minimum Gasteiger partial charge on any atom is -0.480 e. The first-order valence-electron chi connectivity index (χ1n) is 7.60. The molecule has 1 aromatic heterocycles. The maximum Gasteiger partial charge on any atom is 0.436 e. The van der Waals surface area contributed by atoms with E-state index in [-0.39, 0.29) is 0 Å². The molecule has 0 aliphatic carbocycles. The Kier molecular flexibility index (Phi) is 4.42. The van der Waals surface area contributed by atoms with Crippen LogP contribution >= 0.6 is 23.4 Å². The predicted octanol–water partition coefficient (Wildman–Crippen LogP) is 1.34. The molecule has 148 valence electrons. The number of carboxylic acids is 1. The van der Waals surface area contributed by atoms with Crippen LogP contribution in [0.1, 0.15) is 30.0 Å². The third-order valence-corrected chi connectivity index (χ3v) is 6.36. The minimum absolute atomic E-state index is 0.535. The van der Waals surface area contributed by atoms with Crippen LogP contribution in [-0.2, 0) is 22.8 Å². The molecule has 2 saturated heterocycles. The molecular formula is C14H14ClF3N4O4S. The van der Waals surface area contributed by atoms with E-state index in [4.69, 9.17) is 11.6 Å². The summed E-state index contributed by atoms with van der Waals surface area (Å²) in [7, 11) is 1.12. The number of aromatic nitrogens is 2. The second-order valence-corrected chi connectivity index (χ2v) is 8.83. The topological polar surface area (TPSA) is 105 Å². The fourth-order valence-corrected chi connectivity index (χ4v) is 5.26. The van der Waals surface area contributed by atoms with Gasteiger partial charge in [0.15, 0.2) is 5.69 Å². The number of fused-ring (bicyclic) bond motifs is 1. The Bertz CT molecular complexity index is 856. The molecule has 0 bridgehead atoms. The van der Waals surface area contributed by atoms with E-state index in [0.29, 0.717) is 4.68 Å². The number of aliphatic carboxylic acids is 1. The summed E-state index contributed by atoms with van der Waals surface area (Å²) >= 11 is 6.86. The Morgan fingerprint density at radius 2 is 1.96 bits per heavy atom. The smallest absolute Gasteiger partial charge is 0.436 e. The fraction of sp³-hybridized carbons (Fsp3) is 0.571. The number of nitrogens with zero attached hydrogens (tertiary/aromatic N) is 3. The molecule has 3 heterocycles. The van der Waals surface area contributed by atoms with Crippen molar-refractivity contribution in [2.24, 2.45) is 7.05 Å². The summed E-state index contributed by atoms with van der Waals surface area (Å²) in [6, 6.07) is -2.13. The van der Waals surface area contributed by atoms with Crippen LogP contribution in [0, 0.1) is 0 Å². The van der Waals surface area contributed by atoms with E-state index in [9.17, 15) is 32.7 Å². The zero-order chi connectivity index (χ0) is 20.5. The van der Waals surface area contributed by atoms with Gasteiger partial charge in [-0.2, -0.15) is 18.3 Å². The SMILES string of the molecule is Cn1nc(C(F)(F)F)c(Cl)c1C(=O)N[C@@H]1C(=O)N2[C@@H]1SC(C)(C)[C@H]2C(=O)O. The number of carboxylic acid groups (broad SMARTS) is 1. The second kappa shape index (κ2) is 6.03. The molecule has 0 radical (unpaired) electrons. The van der Waals surface area contributed by atoms with Crippen molar-refractivity contribution >= 4 is 41.1 Å². The first kappa shape index (κ1) is 19.8. The van der Waals surface area contributed by atoms with E-state index >= 15 is 0 Å². The highest BCUT2D eigenvalue weighted by atomic mass is 35.5. The molecule has 0 unspecified atom stereocenters. The monoisotopic (exact) mass is 426 g/mol. The van der Waals surface area contributed by atoms with Gasteiger partial charge in [0.25, 0.3) is 5.91 Å². The lowest BCUT2D eigenvalue weighted by Gasteiger charge is -2.43. The number of hydrogen-bond donors (Lipinski definition) is 2. The molecule has 13 heteroatoms. The largest absolute Gasteiger partial charge is 0.480 e. The highest BCUT2D eigenvalue weighted by molar-refractivity contribution is 8.01. The molecule has 2 N–H and O–H groups in total. The molecular weight excluding hydrogens is 413 g/mol. The molecule has 0 saturated carbocycles. The molecule has 2 fully saturated rings. The van der Waals surface area contributed by atoms with Crippen molar-refractivity contribution in [3.63, 3.8) is 0 Å². The van der Waals surface area contributed by atoms with Crippen molar-refractivity contribution in [1.82, 2.24) is 20.0 Å². The molecule has 0 spiro atoms. The van der Waals surface area contributed by atoms with Crippen molar-refractivity contribution in [2.75, 3.05) is 0 Å². The summed E-state index contributed by atoms with van der Waals surface area (Å²) in [6.45, 7) is 3.32. The lowest BCUT2D eigenvalue weighted by Crippen LogP contribution is -2.70. The van der Waals surface area contributed by atoms with Crippen LogP contribution in [-0.4, -0.2) is 59.8 Å². The van der Waals surface area contributed by atoms with Crippen molar-refractivity contribution in [3.8, 4) is 0 Å². The number of carbonyl (C=O) groups is 3. The van der Waals surface area contributed by atoms with Gasteiger partial charge < -0.3 is 15.3 Å². The van der Waals surface area contributed by atoms with Crippen LogP contribution < -0.4 is 5.32 Å². The van der Waals surface area contributed by atoms with E-state index in [1.54, 1.807) is 13.8 Å². The molecule has 2 amide bonds. The number of nitrogens with one attached hydrogen (secondary N) is 1. The number of halogens is 4. The summed E-state index contributed by atoms with van der Waals surface area (Å²) in [5.41, 5.74) is -1.94. The van der Waals surface area contributed by atoms with E-state index in [1.807, 2.05) is 0 Å². The van der Waals surface area contributed by atoms with Gasteiger partial charge in [-0.1, -0.05) is 11.6 Å². The average molecular weight is 427 g/mol. The van der Waals surface area contributed by atoms with Crippen molar-refractivity contribution in [2.45, 2.75) is 42.2 Å². The number of thioether (sulfide) groups is 1. The van der Waals surface area contributed by atoms with E-state index in [2.05, 4.69) is 10.4 Å². The lowest BCUT2D eigenvalue weighted by molar-refractivity contribution is -0.159. The molecule has 0 aromatic carbocycles. The highest BCUT2D eigenvalue weighted by Crippen LogP contribution is 2.50. The maximum atomic E-state index is 12.9. The average Bonchev–Trinajstić information content (AvgIpc) is 2.95. The number of carbonyl (C=O) groups excluding carboxylic acids is 2. The Morgan fingerprint density at radius 1 is 1.37 bits per heavy atom. The van der Waals surface area contributed by atoms with Crippen molar-refractivity contribution < 1.29 is 32.7 Å². The molecule has 8 nitrogen and oxygen atoms in total. The zero-order valence-electron chi connectivity index (χ0n) is 14.2. The number of β-lactam (4-membered cyclic amide) rings is 1. The van der Waals surface area contributed by atoms with Gasteiger partial charge in [-0.15, -0.1) is 11.8 Å². The van der Waals surface area contributed by atoms with Crippen LogP contribution in [0.4, 0.5) is 13.2 Å². The third-order valence-electron chi connectivity index (χ3n) is 4.43. The van der Waals surface area contributed by atoms with Gasteiger partial charge in [-0.3, -0.25) is 14.3 Å². The molecule has 2 aliphatic heterocycles. The summed E-state index contributed by atoms with van der Waals surface area (Å²) < 4.78 is 38.5. The zero-order valence-corrected chi connectivity index (χ0v) is 15.7. The molecule has 1 aromatic rings. The van der Waals surface area contributed by atoms with Crippen LogP contribution in [0.5, 0.6) is 0 Å². The van der Waals surface area contributed by atoms with Gasteiger partial charge in [0.1, 0.15) is 28.2 Å². The van der Waals surface area contributed by atoms with Crippen molar-refractivity contribution in [1.29, 1.82) is 0 Å². The number of rotatable bonds is 3. The van der Waals surface area contributed by atoms with Crippen LogP contribution in [0.25, 0.3) is 0 Å². The molecule has 2 aliphatic rings. The van der Waals surface area contributed by atoms with Gasteiger partial charge in [-0.05, 0) is 13.8 Å². The standard InChI is InChI=1S/C14H14ClF3N4O4S/c1-13(2)8(12(25)26)22-10(24)5(11(22)27-13)19-9(23)6-4(15)7(14(16,17)18)20-21(6)3/h5,8,11H,1-3H3,(H,19,23)(H,25,26)/t5-,8-,11-/m1/s1.